The van der Waals surface area contributed by atoms with Crippen LogP contribution in [0.5, 0.6) is 0 Å². The molecule has 3 aromatic heterocycles. The summed E-state index contributed by atoms with van der Waals surface area (Å²) in [6.07, 6.45) is 6.69. The lowest BCUT2D eigenvalue weighted by Crippen LogP contribution is -2.33. The molecule has 2 N–H and O–H groups in total. The van der Waals surface area contributed by atoms with Gasteiger partial charge in [0.05, 0.1) is 10.6 Å². The van der Waals surface area contributed by atoms with Crippen LogP contribution in [-0.4, -0.2) is 39.1 Å². The number of hydrogen-bond acceptors (Lipinski definition) is 7. The van der Waals surface area contributed by atoms with Crippen LogP contribution in [0.4, 0.5) is 16.8 Å². The lowest BCUT2D eigenvalue weighted by molar-refractivity contribution is -0.137. The molecule has 3 aromatic rings. The van der Waals surface area contributed by atoms with Crippen molar-refractivity contribution in [2.24, 2.45) is 5.92 Å². The predicted octanol–water partition coefficient (Wildman–Crippen LogP) is 4.42. The highest BCUT2D eigenvalue weighted by Crippen LogP contribution is 2.33. The van der Waals surface area contributed by atoms with E-state index in [1.165, 1.54) is 0 Å². The maximum absolute atomic E-state index is 10.8. The number of aliphatic carboxylic acids is 1. The summed E-state index contributed by atoms with van der Waals surface area (Å²) >= 11 is 1.64. The van der Waals surface area contributed by atoms with E-state index >= 15 is 0 Å². The number of rotatable bonds is 7. The molecule has 0 amide bonds. The van der Waals surface area contributed by atoms with Gasteiger partial charge < -0.3 is 15.3 Å². The smallest absolute Gasteiger partial charge is 0.303 e. The zero-order valence-corrected chi connectivity index (χ0v) is 16.8. The van der Waals surface area contributed by atoms with E-state index in [0.717, 1.165) is 59.7 Å². The maximum Gasteiger partial charge on any atom is 0.303 e. The standard InChI is InChI=1S/C21H23N5O2S/c27-20(28)8-7-15-9-12-26(13-10-15)21-23-14-17(29-21)16-4-3-6-19(24-16)25-18-5-1-2-11-22-18/h1-6,11,14-15H,7-10,12-13H2,(H,27,28)(H,22,24,25). The van der Waals surface area contributed by atoms with E-state index in [2.05, 4.69) is 20.2 Å². The fraction of sp³-hybridized carbons (Fsp3) is 0.333. The van der Waals surface area contributed by atoms with Crippen LogP contribution in [0.2, 0.25) is 0 Å². The first kappa shape index (κ1) is 19.3. The summed E-state index contributed by atoms with van der Waals surface area (Å²) in [5, 5.41) is 13.1. The van der Waals surface area contributed by atoms with E-state index in [1.54, 1.807) is 17.5 Å². The Bertz CT molecular complexity index is 954. The second kappa shape index (κ2) is 9.00. The predicted molar refractivity (Wildman–Crippen MR) is 115 cm³/mol. The molecular weight excluding hydrogens is 386 g/mol. The third-order valence-electron chi connectivity index (χ3n) is 5.07. The fourth-order valence-electron chi connectivity index (χ4n) is 3.48. The van der Waals surface area contributed by atoms with Crippen molar-refractivity contribution < 1.29 is 9.90 Å². The average molecular weight is 410 g/mol. The van der Waals surface area contributed by atoms with Crippen LogP contribution in [0.25, 0.3) is 10.6 Å². The number of piperidine rings is 1. The van der Waals surface area contributed by atoms with Crippen LogP contribution in [0.1, 0.15) is 25.7 Å². The van der Waals surface area contributed by atoms with Crippen LogP contribution >= 0.6 is 11.3 Å². The van der Waals surface area contributed by atoms with Crippen molar-refractivity contribution in [3.8, 4) is 10.6 Å². The third kappa shape index (κ3) is 5.08. The second-order valence-corrected chi connectivity index (χ2v) is 8.13. The van der Waals surface area contributed by atoms with Crippen molar-refractivity contribution in [2.45, 2.75) is 25.7 Å². The zero-order valence-electron chi connectivity index (χ0n) is 16.0. The van der Waals surface area contributed by atoms with Gasteiger partial charge in [-0.2, -0.15) is 0 Å². The number of carboxylic acid groups (broad SMARTS) is 1. The van der Waals surface area contributed by atoms with Gasteiger partial charge in [-0.05, 0) is 49.4 Å². The van der Waals surface area contributed by atoms with Crippen LogP contribution in [0.3, 0.4) is 0 Å². The monoisotopic (exact) mass is 409 g/mol. The minimum absolute atomic E-state index is 0.264. The molecular formula is C21H23N5O2S. The van der Waals surface area contributed by atoms with E-state index in [0.29, 0.717) is 5.92 Å². The number of anilines is 3. The summed E-state index contributed by atoms with van der Waals surface area (Å²) in [6.45, 7) is 1.85. The largest absolute Gasteiger partial charge is 0.481 e. The summed E-state index contributed by atoms with van der Waals surface area (Å²) in [7, 11) is 0. The summed E-state index contributed by atoms with van der Waals surface area (Å²) < 4.78 is 0. The first-order valence-electron chi connectivity index (χ1n) is 9.75. The Balaban J connectivity index is 1.39. The Hall–Kier alpha value is -3.00. The Kier molecular flexibility index (Phi) is 6.00. The minimum atomic E-state index is -0.704. The molecule has 0 unspecified atom stereocenters. The molecule has 0 bridgehead atoms. The molecule has 1 aliphatic rings. The number of carbonyl (C=O) groups is 1. The highest BCUT2D eigenvalue weighted by molar-refractivity contribution is 7.18. The molecule has 1 fully saturated rings. The van der Waals surface area contributed by atoms with Gasteiger partial charge in [0.25, 0.3) is 0 Å². The Morgan fingerprint density at radius 1 is 1.14 bits per heavy atom. The summed E-state index contributed by atoms with van der Waals surface area (Å²) in [4.78, 5) is 27.6. The van der Waals surface area contributed by atoms with Gasteiger partial charge in [0.1, 0.15) is 11.6 Å². The van der Waals surface area contributed by atoms with E-state index in [-0.39, 0.29) is 6.42 Å². The van der Waals surface area contributed by atoms with Crippen molar-refractivity contribution in [1.29, 1.82) is 0 Å². The van der Waals surface area contributed by atoms with E-state index in [9.17, 15) is 4.79 Å². The molecule has 1 aliphatic heterocycles. The number of aromatic nitrogens is 3. The lowest BCUT2D eigenvalue weighted by Gasteiger charge is -2.31. The summed E-state index contributed by atoms with van der Waals surface area (Å²) in [5.74, 6) is 1.30. The Morgan fingerprint density at radius 2 is 1.97 bits per heavy atom. The third-order valence-corrected chi connectivity index (χ3v) is 6.15. The molecule has 0 spiro atoms. The van der Waals surface area contributed by atoms with Gasteiger partial charge in [-0.3, -0.25) is 4.79 Å². The molecule has 0 radical (unpaired) electrons. The molecule has 8 heteroatoms. The molecule has 0 atom stereocenters. The minimum Gasteiger partial charge on any atom is -0.481 e. The Labute approximate surface area is 173 Å². The van der Waals surface area contributed by atoms with Crippen LogP contribution in [0, 0.1) is 5.92 Å². The van der Waals surface area contributed by atoms with Crippen molar-refractivity contribution in [1.82, 2.24) is 15.0 Å². The maximum atomic E-state index is 10.8. The van der Waals surface area contributed by atoms with Gasteiger partial charge in [-0.15, -0.1) is 0 Å². The highest BCUT2D eigenvalue weighted by atomic mass is 32.1. The molecule has 4 rings (SSSR count). The topological polar surface area (TPSA) is 91.2 Å². The lowest BCUT2D eigenvalue weighted by atomic mass is 9.92. The summed E-state index contributed by atoms with van der Waals surface area (Å²) in [6, 6.07) is 11.6. The molecule has 7 nitrogen and oxygen atoms in total. The number of nitrogens with one attached hydrogen (secondary N) is 1. The number of thiazole rings is 1. The van der Waals surface area contributed by atoms with Gasteiger partial charge in [-0.25, -0.2) is 15.0 Å². The van der Waals surface area contributed by atoms with E-state index in [1.807, 2.05) is 42.6 Å². The average Bonchev–Trinajstić information content (AvgIpc) is 3.24. The number of carboxylic acids is 1. The zero-order chi connectivity index (χ0) is 20.1. The first-order chi connectivity index (χ1) is 14.2. The molecule has 0 aliphatic carbocycles. The van der Waals surface area contributed by atoms with Crippen LogP contribution in [-0.2, 0) is 4.79 Å². The fourth-order valence-corrected chi connectivity index (χ4v) is 4.42. The van der Waals surface area contributed by atoms with Crippen LogP contribution in [0.15, 0.2) is 48.8 Å². The van der Waals surface area contributed by atoms with Gasteiger partial charge in [0, 0.05) is 31.9 Å². The quantitative estimate of drug-likeness (QED) is 0.597. The molecule has 4 heterocycles. The molecule has 150 valence electrons. The molecule has 0 aromatic carbocycles. The van der Waals surface area contributed by atoms with Crippen molar-refractivity contribution in [3.63, 3.8) is 0 Å². The summed E-state index contributed by atoms with van der Waals surface area (Å²) in [5.41, 5.74) is 0.881. The molecule has 29 heavy (non-hydrogen) atoms. The van der Waals surface area contributed by atoms with Crippen molar-refractivity contribution in [3.05, 3.63) is 48.8 Å². The number of nitrogens with zero attached hydrogens (tertiary/aromatic N) is 4. The van der Waals surface area contributed by atoms with Gasteiger partial charge >= 0.3 is 5.97 Å². The van der Waals surface area contributed by atoms with Crippen LogP contribution < -0.4 is 10.2 Å². The normalized spacial score (nSPS) is 14.7. The van der Waals surface area contributed by atoms with Gasteiger partial charge in [0.2, 0.25) is 0 Å². The van der Waals surface area contributed by atoms with E-state index < -0.39 is 5.97 Å². The van der Waals surface area contributed by atoms with Crippen molar-refractivity contribution in [2.75, 3.05) is 23.3 Å². The number of pyridine rings is 2. The highest BCUT2D eigenvalue weighted by Gasteiger charge is 2.22. The van der Waals surface area contributed by atoms with E-state index in [4.69, 9.17) is 10.1 Å². The second-order valence-electron chi connectivity index (χ2n) is 7.12. The SMILES string of the molecule is O=C(O)CCC1CCN(c2ncc(-c3cccc(Nc4ccccn4)n3)s2)CC1. The molecule has 0 saturated carbocycles. The van der Waals surface area contributed by atoms with Gasteiger partial charge in [-0.1, -0.05) is 23.5 Å². The van der Waals surface area contributed by atoms with Gasteiger partial charge in [0.15, 0.2) is 5.13 Å². The number of hydrogen-bond donors (Lipinski definition) is 2. The molecule has 1 saturated heterocycles. The first-order valence-corrected chi connectivity index (χ1v) is 10.6. The van der Waals surface area contributed by atoms with Crippen molar-refractivity contribution >= 4 is 34.1 Å². The Morgan fingerprint density at radius 3 is 2.72 bits per heavy atom.